The average molecular weight is 398 g/mol. The van der Waals surface area contributed by atoms with Crippen molar-refractivity contribution in [3.63, 3.8) is 0 Å². The first kappa shape index (κ1) is 16.5. The average Bonchev–Trinajstić information content (AvgIpc) is 3.04. The maximum Gasteiger partial charge on any atom is 0.258 e. The lowest BCUT2D eigenvalue weighted by atomic mass is 10.0. The third-order valence-corrected chi connectivity index (χ3v) is 5.32. The molecule has 0 N–H and O–H groups in total. The first-order valence-electron chi connectivity index (χ1n) is 8.58. The zero-order chi connectivity index (χ0) is 17.4. The number of aryl methyl sites for hydroxylation is 1. The van der Waals surface area contributed by atoms with Crippen LogP contribution in [0.1, 0.15) is 35.7 Å². The van der Waals surface area contributed by atoms with Crippen molar-refractivity contribution in [1.29, 1.82) is 0 Å². The van der Waals surface area contributed by atoms with Gasteiger partial charge in [-0.3, -0.25) is 14.1 Å². The van der Waals surface area contributed by atoms with Crippen LogP contribution in [0.4, 0.5) is 0 Å². The van der Waals surface area contributed by atoms with Crippen LogP contribution >= 0.6 is 15.9 Å². The Morgan fingerprint density at radius 3 is 2.96 bits per heavy atom. The van der Waals surface area contributed by atoms with Crippen molar-refractivity contribution in [3.8, 4) is 0 Å². The predicted octanol–water partition coefficient (Wildman–Crippen LogP) is 4.10. The standard InChI is InChI=1S/C20H20BrN3O/c1-14-7-8-19-22-17(11-20(25)24(19)12-14)13-23-9-3-6-18(23)15-4-2-5-16(21)10-15/h2,4-5,7-8,10-12,18H,3,6,9,13H2,1H3. The minimum atomic E-state index is -0.0121. The molecule has 0 aliphatic carbocycles. The van der Waals surface area contributed by atoms with Gasteiger partial charge in [0.25, 0.3) is 5.56 Å². The van der Waals surface area contributed by atoms with E-state index in [1.165, 1.54) is 12.0 Å². The van der Waals surface area contributed by atoms with E-state index in [0.717, 1.165) is 28.7 Å². The molecule has 2 aromatic heterocycles. The van der Waals surface area contributed by atoms with E-state index in [2.05, 4.69) is 45.1 Å². The third kappa shape index (κ3) is 3.39. The molecule has 1 atom stereocenters. The van der Waals surface area contributed by atoms with Crippen LogP contribution < -0.4 is 5.56 Å². The van der Waals surface area contributed by atoms with E-state index in [-0.39, 0.29) is 5.56 Å². The minimum Gasteiger partial charge on any atom is -0.291 e. The highest BCUT2D eigenvalue weighted by Crippen LogP contribution is 2.33. The van der Waals surface area contributed by atoms with Crippen molar-refractivity contribution in [3.05, 3.63) is 80.3 Å². The molecule has 0 spiro atoms. The molecule has 1 fully saturated rings. The van der Waals surface area contributed by atoms with Crippen LogP contribution in [0.3, 0.4) is 0 Å². The molecular weight excluding hydrogens is 378 g/mol. The molecule has 1 aliphatic heterocycles. The molecule has 3 heterocycles. The summed E-state index contributed by atoms with van der Waals surface area (Å²) >= 11 is 3.56. The Labute approximate surface area is 155 Å². The Morgan fingerprint density at radius 1 is 1.24 bits per heavy atom. The Bertz CT molecular complexity index is 982. The van der Waals surface area contributed by atoms with Gasteiger partial charge in [0.1, 0.15) is 5.65 Å². The van der Waals surface area contributed by atoms with Crippen molar-refractivity contribution >= 4 is 21.6 Å². The van der Waals surface area contributed by atoms with Gasteiger partial charge in [-0.15, -0.1) is 0 Å². The lowest BCUT2D eigenvalue weighted by molar-refractivity contribution is 0.245. The first-order valence-corrected chi connectivity index (χ1v) is 9.38. The molecule has 4 rings (SSSR count). The molecule has 1 saturated heterocycles. The fourth-order valence-electron chi connectivity index (χ4n) is 3.65. The Morgan fingerprint density at radius 2 is 2.12 bits per heavy atom. The van der Waals surface area contributed by atoms with Crippen molar-refractivity contribution < 1.29 is 0 Å². The minimum absolute atomic E-state index is 0.0121. The van der Waals surface area contributed by atoms with Crippen LogP contribution in [0.2, 0.25) is 0 Å². The van der Waals surface area contributed by atoms with Crippen LogP contribution in [-0.2, 0) is 6.54 Å². The monoisotopic (exact) mass is 397 g/mol. The van der Waals surface area contributed by atoms with Gasteiger partial charge < -0.3 is 0 Å². The Balaban J connectivity index is 1.64. The summed E-state index contributed by atoms with van der Waals surface area (Å²) in [6.07, 6.45) is 4.15. The molecule has 0 bridgehead atoms. The van der Waals surface area contributed by atoms with Gasteiger partial charge in [0.15, 0.2) is 0 Å². The van der Waals surface area contributed by atoms with Gasteiger partial charge in [0.2, 0.25) is 0 Å². The molecule has 0 radical (unpaired) electrons. The van der Waals surface area contributed by atoms with Gasteiger partial charge >= 0.3 is 0 Å². The number of halogens is 1. The number of pyridine rings is 1. The number of nitrogens with zero attached hydrogens (tertiary/aromatic N) is 3. The second kappa shape index (κ2) is 6.73. The van der Waals surface area contributed by atoms with Crippen molar-refractivity contribution in [2.75, 3.05) is 6.54 Å². The Kier molecular flexibility index (Phi) is 4.44. The van der Waals surface area contributed by atoms with E-state index >= 15 is 0 Å². The maximum atomic E-state index is 12.4. The van der Waals surface area contributed by atoms with E-state index in [9.17, 15) is 4.79 Å². The highest BCUT2D eigenvalue weighted by Gasteiger charge is 2.26. The van der Waals surface area contributed by atoms with Crippen LogP contribution in [0.15, 0.2) is 57.9 Å². The van der Waals surface area contributed by atoms with Crippen molar-refractivity contribution in [2.45, 2.75) is 32.4 Å². The molecule has 1 aromatic carbocycles. The molecule has 1 unspecified atom stereocenters. The number of fused-ring (bicyclic) bond motifs is 1. The summed E-state index contributed by atoms with van der Waals surface area (Å²) in [7, 11) is 0. The lowest BCUT2D eigenvalue weighted by Gasteiger charge is -2.24. The predicted molar refractivity (Wildman–Crippen MR) is 103 cm³/mol. The molecule has 3 aromatic rings. The number of rotatable bonds is 3. The van der Waals surface area contributed by atoms with Gasteiger partial charge in [-0.25, -0.2) is 4.98 Å². The molecule has 4 nitrogen and oxygen atoms in total. The SMILES string of the molecule is Cc1ccc2nc(CN3CCCC3c3cccc(Br)c3)cc(=O)n2c1. The van der Waals surface area contributed by atoms with Crippen LogP contribution in [0, 0.1) is 6.92 Å². The van der Waals surface area contributed by atoms with Crippen molar-refractivity contribution in [1.82, 2.24) is 14.3 Å². The highest BCUT2D eigenvalue weighted by atomic mass is 79.9. The van der Waals surface area contributed by atoms with E-state index in [4.69, 9.17) is 4.98 Å². The second-order valence-corrected chi connectivity index (χ2v) is 7.62. The molecule has 25 heavy (non-hydrogen) atoms. The van der Waals surface area contributed by atoms with E-state index in [1.807, 2.05) is 25.3 Å². The molecular formula is C20H20BrN3O. The van der Waals surface area contributed by atoms with E-state index in [1.54, 1.807) is 10.5 Å². The summed E-state index contributed by atoms with van der Waals surface area (Å²) < 4.78 is 2.73. The van der Waals surface area contributed by atoms with Crippen molar-refractivity contribution in [2.24, 2.45) is 0 Å². The smallest absolute Gasteiger partial charge is 0.258 e. The topological polar surface area (TPSA) is 37.6 Å². The normalized spacial score (nSPS) is 18.1. The number of benzene rings is 1. The van der Waals surface area contributed by atoms with Gasteiger partial charge in [-0.2, -0.15) is 0 Å². The number of hydrogen-bond donors (Lipinski definition) is 0. The quantitative estimate of drug-likeness (QED) is 0.667. The first-order chi connectivity index (χ1) is 12.1. The molecule has 0 saturated carbocycles. The van der Waals surface area contributed by atoms with E-state index in [0.29, 0.717) is 18.2 Å². The van der Waals surface area contributed by atoms with Crippen LogP contribution in [0.5, 0.6) is 0 Å². The summed E-state index contributed by atoms with van der Waals surface area (Å²) in [5.74, 6) is 0. The number of likely N-dealkylation sites (tertiary alicyclic amines) is 1. The summed E-state index contributed by atoms with van der Waals surface area (Å²) in [5.41, 5.74) is 3.92. The second-order valence-electron chi connectivity index (χ2n) is 6.70. The molecule has 1 aliphatic rings. The lowest BCUT2D eigenvalue weighted by Crippen LogP contribution is -2.25. The molecule has 0 amide bonds. The van der Waals surface area contributed by atoms with E-state index < -0.39 is 0 Å². The molecule has 128 valence electrons. The van der Waals surface area contributed by atoms with Gasteiger partial charge in [0, 0.05) is 29.3 Å². The number of aromatic nitrogens is 2. The summed E-state index contributed by atoms with van der Waals surface area (Å²) in [6, 6.07) is 14.5. The third-order valence-electron chi connectivity index (χ3n) is 4.82. The fraction of sp³-hybridized carbons (Fsp3) is 0.300. The highest BCUT2D eigenvalue weighted by molar-refractivity contribution is 9.10. The number of hydrogen-bond acceptors (Lipinski definition) is 3. The maximum absolute atomic E-state index is 12.4. The molecule has 5 heteroatoms. The van der Waals surface area contributed by atoms with Crippen LogP contribution in [0.25, 0.3) is 5.65 Å². The van der Waals surface area contributed by atoms with Gasteiger partial charge in [-0.05, 0) is 55.6 Å². The summed E-state index contributed by atoms with van der Waals surface area (Å²) in [6.45, 7) is 3.72. The summed E-state index contributed by atoms with van der Waals surface area (Å²) in [4.78, 5) is 19.5. The zero-order valence-electron chi connectivity index (χ0n) is 14.2. The van der Waals surface area contributed by atoms with Gasteiger partial charge in [-0.1, -0.05) is 34.1 Å². The fourth-order valence-corrected chi connectivity index (χ4v) is 4.07. The summed E-state index contributed by atoms with van der Waals surface area (Å²) in [5, 5.41) is 0. The zero-order valence-corrected chi connectivity index (χ0v) is 15.7. The van der Waals surface area contributed by atoms with Gasteiger partial charge in [0.05, 0.1) is 5.69 Å². The van der Waals surface area contributed by atoms with Crippen LogP contribution in [-0.4, -0.2) is 20.8 Å². The Hall–Kier alpha value is -1.98. The largest absolute Gasteiger partial charge is 0.291 e.